The molecule has 7 heteroatoms. The average Bonchev–Trinajstić information content (AvgIpc) is 3.29. The summed E-state index contributed by atoms with van der Waals surface area (Å²) in [4.78, 5) is 19.2. The van der Waals surface area contributed by atoms with Gasteiger partial charge < -0.3 is 20.1 Å². The Morgan fingerprint density at radius 2 is 1.70 bits per heavy atom. The first-order chi connectivity index (χ1) is 18.1. The van der Waals surface area contributed by atoms with Gasteiger partial charge in [-0.05, 0) is 66.8 Å². The number of para-hydroxylation sites is 2. The van der Waals surface area contributed by atoms with Crippen LogP contribution < -0.4 is 10.6 Å². The Hall–Kier alpha value is -4.15. The van der Waals surface area contributed by atoms with Crippen molar-refractivity contribution in [3.05, 3.63) is 95.1 Å². The number of piperidine rings is 1. The number of anilines is 1. The van der Waals surface area contributed by atoms with Gasteiger partial charge in [0.05, 0.1) is 29.2 Å². The third-order valence-electron chi connectivity index (χ3n) is 7.16. The van der Waals surface area contributed by atoms with Crippen molar-refractivity contribution in [3.8, 4) is 6.07 Å². The van der Waals surface area contributed by atoms with Crippen molar-refractivity contribution < 1.29 is 4.79 Å². The van der Waals surface area contributed by atoms with Gasteiger partial charge in [0.15, 0.2) is 0 Å². The maximum atomic E-state index is 11.7. The molecule has 1 aliphatic heterocycles. The minimum atomic E-state index is -0.0495. The zero-order valence-corrected chi connectivity index (χ0v) is 21.2. The van der Waals surface area contributed by atoms with Crippen LogP contribution in [0.15, 0.2) is 72.8 Å². The highest BCUT2D eigenvalue weighted by Gasteiger charge is 2.21. The number of amides is 1. The predicted molar refractivity (Wildman–Crippen MR) is 147 cm³/mol. The molecule has 1 saturated heterocycles. The third-order valence-corrected chi connectivity index (χ3v) is 7.16. The van der Waals surface area contributed by atoms with Crippen molar-refractivity contribution in [2.45, 2.75) is 31.8 Å². The Balaban J connectivity index is 1.19. The summed E-state index contributed by atoms with van der Waals surface area (Å²) in [6.07, 6.45) is 3.11. The molecule has 7 nitrogen and oxygen atoms in total. The van der Waals surface area contributed by atoms with Gasteiger partial charge in [-0.1, -0.05) is 36.4 Å². The van der Waals surface area contributed by atoms with Gasteiger partial charge in [0.25, 0.3) is 5.91 Å². The number of hydrogen-bond donors (Lipinski definition) is 2. The van der Waals surface area contributed by atoms with Crippen LogP contribution in [0.2, 0.25) is 0 Å². The Morgan fingerprint density at radius 3 is 2.41 bits per heavy atom. The Kier molecular flexibility index (Phi) is 7.48. The lowest BCUT2D eigenvalue weighted by molar-refractivity contribution is 0.0963. The Labute approximate surface area is 217 Å². The van der Waals surface area contributed by atoms with Crippen LogP contribution in [0.25, 0.3) is 11.0 Å². The van der Waals surface area contributed by atoms with E-state index in [2.05, 4.69) is 50.4 Å². The SMILES string of the molecule is CNC(=O)c1ccc(CCN2CCC(Nc3nc4ccccc4n3Cc3ccc(C#N)cc3)CC2)cc1. The van der Waals surface area contributed by atoms with Gasteiger partial charge in [0.1, 0.15) is 0 Å². The maximum Gasteiger partial charge on any atom is 0.251 e. The van der Waals surface area contributed by atoms with Crippen molar-refractivity contribution in [2.24, 2.45) is 0 Å². The third kappa shape index (κ3) is 5.82. The first-order valence-electron chi connectivity index (χ1n) is 12.9. The minimum Gasteiger partial charge on any atom is -0.355 e. The molecule has 5 rings (SSSR count). The molecule has 0 aliphatic carbocycles. The van der Waals surface area contributed by atoms with Gasteiger partial charge in [-0.25, -0.2) is 4.98 Å². The van der Waals surface area contributed by atoms with E-state index in [1.165, 1.54) is 5.56 Å². The van der Waals surface area contributed by atoms with Gasteiger partial charge in [-0.15, -0.1) is 0 Å². The van der Waals surface area contributed by atoms with Gasteiger partial charge in [0.2, 0.25) is 5.95 Å². The van der Waals surface area contributed by atoms with Crippen LogP contribution >= 0.6 is 0 Å². The maximum absolute atomic E-state index is 11.7. The van der Waals surface area contributed by atoms with E-state index in [4.69, 9.17) is 10.2 Å². The van der Waals surface area contributed by atoms with E-state index in [0.29, 0.717) is 23.7 Å². The van der Waals surface area contributed by atoms with Gasteiger partial charge >= 0.3 is 0 Å². The quantitative estimate of drug-likeness (QED) is 0.380. The summed E-state index contributed by atoms with van der Waals surface area (Å²) in [5.74, 6) is 0.853. The summed E-state index contributed by atoms with van der Waals surface area (Å²) < 4.78 is 2.24. The highest BCUT2D eigenvalue weighted by Crippen LogP contribution is 2.24. The van der Waals surface area contributed by atoms with Gasteiger partial charge in [0, 0.05) is 38.3 Å². The van der Waals surface area contributed by atoms with E-state index in [9.17, 15) is 4.79 Å². The van der Waals surface area contributed by atoms with E-state index in [1.807, 2.05) is 48.5 Å². The summed E-state index contributed by atoms with van der Waals surface area (Å²) in [6, 6.07) is 26.5. The molecule has 1 aromatic heterocycles. The van der Waals surface area contributed by atoms with Crippen molar-refractivity contribution >= 4 is 22.9 Å². The number of aromatic nitrogens is 2. The summed E-state index contributed by atoms with van der Waals surface area (Å²) in [7, 11) is 1.65. The van der Waals surface area contributed by atoms with Gasteiger partial charge in [-0.2, -0.15) is 5.26 Å². The van der Waals surface area contributed by atoms with Crippen LogP contribution in [-0.2, 0) is 13.0 Å². The molecule has 2 heterocycles. The summed E-state index contributed by atoms with van der Waals surface area (Å²) in [5, 5.41) is 15.5. The number of benzene rings is 3. The molecule has 0 radical (unpaired) electrons. The molecule has 0 bridgehead atoms. The summed E-state index contributed by atoms with van der Waals surface area (Å²) in [5.41, 5.74) is 5.86. The zero-order valence-electron chi connectivity index (χ0n) is 21.2. The van der Waals surface area contributed by atoms with Crippen molar-refractivity contribution in [1.29, 1.82) is 5.26 Å². The van der Waals surface area contributed by atoms with Crippen LogP contribution in [0.3, 0.4) is 0 Å². The number of rotatable bonds is 8. The molecule has 0 unspecified atom stereocenters. The number of nitrogens with one attached hydrogen (secondary N) is 2. The number of likely N-dealkylation sites (tertiary alicyclic amines) is 1. The van der Waals surface area contributed by atoms with Crippen LogP contribution in [0.4, 0.5) is 5.95 Å². The second kappa shape index (κ2) is 11.3. The van der Waals surface area contributed by atoms with Crippen LogP contribution in [-0.4, -0.2) is 53.1 Å². The van der Waals surface area contributed by atoms with Crippen molar-refractivity contribution in [3.63, 3.8) is 0 Å². The lowest BCUT2D eigenvalue weighted by Crippen LogP contribution is -2.40. The van der Waals surface area contributed by atoms with E-state index in [1.54, 1.807) is 7.05 Å². The first-order valence-corrected chi connectivity index (χ1v) is 12.9. The molecule has 1 amide bonds. The molecule has 2 N–H and O–H groups in total. The van der Waals surface area contributed by atoms with Crippen LogP contribution in [0.5, 0.6) is 0 Å². The van der Waals surface area contributed by atoms with Crippen molar-refractivity contribution in [1.82, 2.24) is 19.8 Å². The lowest BCUT2D eigenvalue weighted by atomic mass is 10.0. The number of nitrogens with zero attached hydrogens (tertiary/aromatic N) is 4. The van der Waals surface area contributed by atoms with Gasteiger partial charge in [-0.3, -0.25) is 4.79 Å². The molecular formula is C30H32N6O. The minimum absolute atomic E-state index is 0.0495. The number of carbonyl (C=O) groups excluding carboxylic acids is 1. The standard InChI is InChI=1S/C30H32N6O/c1-32-29(37)25-12-10-22(11-13-25)14-17-35-18-15-26(16-19-35)33-30-34-27-4-2-3-5-28(27)36(30)21-24-8-6-23(20-31)7-9-24/h2-13,26H,14-19,21H2,1H3,(H,32,37)(H,33,34). The lowest BCUT2D eigenvalue weighted by Gasteiger charge is -2.32. The molecule has 3 aromatic carbocycles. The predicted octanol–water partition coefficient (Wildman–Crippen LogP) is 4.43. The molecule has 0 spiro atoms. The summed E-state index contributed by atoms with van der Waals surface area (Å²) in [6.45, 7) is 3.81. The molecular weight excluding hydrogens is 460 g/mol. The zero-order chi connectivity index (χ0) is 25.6. The fourth-order valence-corrected chi connectivity index (χ4v) is 4.95. The number of nitriles is 1. The highest BCUT2D eigenvalue weighted by atomic mass is 16.1. The fourth-order valence-electron chi connectivity index (χ4n) is 4.95. The largest absolute Gasteiger partial charge is 0.355 e. The number of fused-ring (bicyclic) bond motifs is 1. The molecule has 37 heavy (non-hydrogen) atoms. The molecule has 0 saturated carbocycles. The topological polar surface area (TPSA) is 86.0 Å². The van der Waals surface area contributed by atoms with E-state index < -0.39 is 0 Å². The van der Waals surface area contributed by atoms with Crippen molar-refractivity contribution in [2.75, 3.05) is 32.0 Å². The van der Waals surface area contributed by atoms with Crippen LogP contribution in [0.1, 0.15) is 39.9 Å². The highest BCUT2D eigenvalue weighted by molar-refractivity contribution is 5.93. The molecule has 1 aliphatic rings. The molecule has 0 atom stereocenters. The Morgan fingerprint density at radius 1 is 1.00 bits per heavy atom. The Bertz CT molecular complexity index is 1390. The van der Waals surface area contributed by atoms with E-state index >= 15 is 0 Å². The molecule has 4 aromatic rings. The first kappa shape index (κ1) is 24.5. The van der Waals surface area contributed by atoms with Crippen LogP contribution in [0, 0.1) is 11.3 Å². The second-order valence-corrected chi connectivity index (χ2v) is 9.61. The fraction of sp³-hybridized carbons (Fsp3) is 0.300. The normalized spacial score (nSPS) is 14.4. The average molecular weight is 493 g/mol. The number of hydrogen-bond acceptors (Lipinski definition) is 5. The summed E-state index contributed by atoms with van der Waals surface area (Å²) >= 11 is 0. The number of imidazole rings is 1. The van der Waals surface area contributed by atoms with E-state index in [0.717, 1.165) is 61.4 Å². The second-order valence-electron chi connectivity index (χ2n) is 9.61. The van der Waals surface area contributed by atoms with E-state index in [-0.39, 0.29) is 5.91 Å². The smallest absolute Gasteiger partial charge is 0.251 e. The monoisotopic (exact) mass is 492 g/mol. The molecule has 188 valence electrons. The molecule has 1 fully saturated rings. The number of carbonyl (C=O) groups is 1.